The number of oxazole rings is 1. The van der Waals surface area contributed by atoms with Gasteiger partial charge >= 0.3 is 0 Å². The van der Waals surface area contributed by atoms with Crippen molar-refractivity contribution in [3.8, 4) is 17.2 Å². The molecule has 0 aliphatic heterocycles. The predicted molar refractivity (Wildman–Crippen MR) is 129 cm³/mol. The highest BCUT2D eigenvalue weighted by Crippen LogP contribution is 2.47. The molecule has 36 heavy (non-hydrogen) atoms. The van der Waals surface area contributed by atoms with E-state index in [-0.39, 0.29) is 29.0 Å². The summed E-state index contributed by atoms with van der Waals surface area (Å²) in [7, 11) is 0. The van der Waals surface area contributed by atoms with E-state index in [0.29, 0.717) is 38.0 Å². The van der Waals surface area contributed by atoms with Crippen molar-refractivity contribution < 1.29 is 28.2 Å². The number of carbonyl (C=O) groups is 2. The monoisotopic (exact) mass is 513 g/mol. The average molecular weight is 514 g/mol. The Labute approximate surface area is 211 Å². The lowest BCUT2D eigenvalue weighted by Gasteiger charge is -2.56. The molecule has 3 aromatic rings. The average Bonchev–Trinajstić information content (AvgIpc) is 3.37. The van der Waals surface area contributed by atoms with E-state index in [0.717, 1.165) is 11.6 Å². The second-order valence-corrected chi connectivity index (χ2v) is 9.83. The molecule has 10 heteroatoms. The van der Waals surface area contributed by atoms with E-state index in [1.54, 1.807) is 0 Å². The van der Waals surface area contributed by atoms with Crippen molar-refractivity contribution in [2.45, 2.75) is 49.3 Å². The molecule has 1 atom stereocenters. The number of hydrogen-bond acceptors (Lipinski definition) is 6. The molecule has 2 bridgehead atoms. The zero-order valence-corrected chi connectivity index (χ0v) is 20.1. The van der Waals surface area contributed by atoms with Crippen LogP contribution in [0.2, 0.25) is 5.02 Å². The fraction of sp³-hybridized carbons (Fsp3) is 0.346. The van der Waals surface area contributed by atoms with E-state index >= 15 is 0 Å². The van der Waals surface area contributed by atoms with Crippen molar-refractivity contribution in [2.24, 2.45) is 0 Å². The fourth-order valence-corrected chi connectivity index (χ4v) is 5.20. The second-order valence-electron chi connectivity index (χ2n) is 9.43. The van der Waals surface area contributed by atoms with Crippen molar-refractivity contribution in [3.63, 3.8) is 0 Å². The fourth-order valence-electron chi connectivity index (χ4n) is 5.09. The van der Waals surface area contributed by atoms with Gasteiger partial charge in [0.15, 0.2) is 12.3 Å². The third kappa shape index (κ3) is 4.81. The van der Waals surface area contributed by atoms with Crippen molar-refractivity contribution >= 4 is 23.4 Å². The summed E-state index contributed by atoms with van der Waals surface area (Å²) < 4.78 is 24.4. The highest BCUT2D eigenvalue weighted by Gasteiger charge is 2.55. The first kappa shape index (κ1) is 24.3. The Morgan fingerprint density at radius 1 is 1.14 bits per heavy atom. The van der Waals surface area contributed by atoms with Gasteiger partial charge in [0.1, 0.15) is 17.8 Å². The maximum absolute atomic E-state index is 13.6. The van der Waals surface area contributed by atoms with Crippen molar-refractivity contribution in [2.75, 3.05) is 6.61 Å². The predicted octanol–water partition coefficient (Wildman–Crippen LogP) is 3.88. The van der Waals surface area contributed by atoms with E-state index in [2.05, 4.69) is 15.6 Å². The lowest BCUT2D eigenvalue weighted by molar-refractivity contribution is -0.132. The molecular weight excluding hydrogens is 489 g/mol. The van der Waals surface area contributed by atoms with Gasteiger partial charge in [-0.05, 0) is 56.4 Å². The topological polar surface area (TPSA) is 114 Å². The van der Waals surface area contributed by atoms with Crippen LogP contribution in [0.4, 0.5) is 4.39 Å². The third-order valence-corrected chi connectivity index (χ3v) is 7.41. The number of nitrogens with zero attached hydrogens (tertiary/aromatic N) is 1. The molecule has 3 N–H and O–H groups in total. The number of aliphatic hydroxyl groups excluding tert-OH is 1. The molecule has 1 aromatic heterocycles. The first-order chi connectivity index (χ1) is 17.3. The van der Waals surface area contributed by atoms with E-state index in [4.69, 9.17) is 20.8 Å². The Bertz CT molecular complexity index is 1270. The normalized spacial score (nSPS) is 24.8. The molecule has 0 saturated heterocycles. The molecular formula is C26H25ClFN3O5. The van der Waals surface area contributed by atoms with Crippen LogP contribution in [-0.4, -0.2) is 45.7 Å². The zero-order chi connectivity index (χ0) is 25.3. The number of aliphatic hydroxyl groups is 1. The van der Waals surface area contributed by atoms with Gasteiger partial charge in [-0.2, -0.15) is 0 Å². The van der Waals surface area contributed by atoms with Crippen LogP contribution in [0.1, 0.15) is 42.6 Å². The SMILES string of the molecule is O=C(COc1ccc(Cl)c(F)c1)NC12CCC(NC(=O)c3coc(-c4ccccc4)n3)(CC1)C[C@@H]2O. The molecule has 0 radical (unpaired) electrons. The molecule has 2 aromatic carbocycles. The number of carbonyl (C=O) groups excluding carboxylic acids is 2. The lowest BCUT2D eigenvalue weighted by atomic mass is 9.60. The maximum Gasteiger partial charge on any atom is 0.273 e. The number of hydrogen-bond donors (Lipinski definition) is 3. The second kappa shape index (κ2) is 9.55. The van der Waals surface area contributed by atoms with Crippen molar-refractivity contribution in [3.05, 3.63) is 71.3 Å². The van der Waals surface area contributed by atoms with Crippen LogP contribution in [0.25, 0.3) is 11.5 Å². The number of aromatic nitrogens is 1. The van der Waals surface area contributed by atoms with Gasteiger partial charge in [-0.1, -0.05) is 29.8 Å². The lowest BCUT2D eigenvalue weighted by Crippen LogP contribution is -2.70. The smallest absolute Gasteiger partial charge is 0.273 e. The minimum absolute atomic E-state index is 0.0333. The van der Waals surface area contributed by atoms with Gasteiger partial charge in [0.25, 0.3) is 11.8 Å². The van der Waals surface area contributed by atoms with Crippen LogP contribution in [0.5, 0.6) is 5.75 Å². The Morgan fingerprint density at radius 2 is 1.89 bits per heavy atom. The summed E-state index contributed by atoms with van der Waals surface area (Å²) >= 11 is 5.66. The summed E-state index contributed by atoms with van der Waals surface area (Å²) in [6.45, 7) is -0.326. The van der Waals surface area contributed by atoms with Crippen molar-refractivity contribution in [1.29, 1.82) is 0 Å². The summed E-state index contributed by atoms with van der Waals surface area (Å²) in [6, 6.07) is 13.2. The molecule has 8 nitrogen and oxygen atoms in total. The molecule has 3 aliphatic rings. The van der Waals surface area contributed by atoms with Crippen LogP contribution in [0, 0.1) is 5.82 Å². The summed E-state index contributed by atoms with van der Waals surface area (Å²) in [4.78, 5) is 29.8. The molecule has 1 heterocycles. The van der Waals surface area contributed by atoms with Gasteiger partial charge in [0.2, 0.25) is 5.89 Å². The van der Waals surface area contributed by atoms with Crippen LogP contribution in [0.15, 0.2) is 59.2 Å². The number of halogens is 2. The van der Waals surface area contributed by atoms with Gasteiger partial charge in [0.05, 0.1) is 16.7 Å². The van der Waals surface area contributed by atoms with Crippen LogP contribution in [0.3, 0.4) is 0 Å². The number of amides is 2. The number of benzene rings is 2. The molecule has 0 unspecified atom stereocenters. The minimum atomic E-state index is -0.852. The number of rotatable bonds is 7. The number of ether oxygens (including phenoxy) is 1. The highest BCUT2D eigenvalue weighted by atomic mass is 35.5. The Kier molecular flexibility index (Phi) is 6.44. The van der Waals surface area contributed by atoms with E-state index in [9.17, 15) is 19.1 Å². The maximum atomic E-state index is 13.6. The number of fused-ring (bicyclic) bond motifs is 3. The van der Waals surface area contributed by atoms with Crippen LogP contribution in [-0.2, 0) is 4.79 Å². The van der Waals surface area contributed by atoms with Crippen molar-refractivity contribution in [1.82, 2.24) is 15.6 Å². The minimum Gasteiger partial charge on any atom is -0.484 e. The van der Waals surface area contributed by atoms with Gasteiger partial charge in [-0.25, -0.2) is 9.37 Å². The van der Waals surface area contributed by atoms with E-state index in [1.165, 1.54) is 18.4 Å². The Balaban J connectivity index is 1.18. The van der Waals surface area contributed by atoms with Gasteiger partial charge < -0.3 is 24.9 Å². The van der Waals surface area contributed by atoms with Crippen LogP contribution >= 0.6 is 11.6 Å². The standard InChI is InChI=1S/C26H25ClFN3O5/c27-18-7-6-17(12-19(18)28)35-15-22(33)30-26-10-8-25(9-11-26,13-21(26)32)31-23(34)20-14-36-24(29-20)16-4-2-1-3-5-16/h1-7,12,14,21,32H,8-11,13,15H2,(H,30,33)(H,31,34)/t21-,25?,26?/m0/s1. The highest BCUT2D eigenvalue weighted by molar-refractivity contribution is 6.30. The molecule has 3 saturated carbocycles. The molecule has 2 amide bonds. The molecule has 3 aliphatic carbocycles. The Morgan fingerprint density at radius 3 is 2.58 bits per heavy atom. The van der Waals surface area contributed by atoms with Crippen LogP contribution < -0.4 is 15.4 Å². The number of nitrogens with one attached hydrogen (secondary N) is 2. The first-order valence-electron chi connectivity index (χ1n) is 11.7. The molecule has 6 rings (SSSR count). The largest absolute Gasteiger partial charge is 0.484 e. The third-order valence-electron chi connectivity index (χ3n) is 7.11. The molecule has 3 fully saturated rings. The summed E-state index contributed by atoms with van der Waals surface area (Å²) in [5.41, 5.74) is -0.450. The summed E-state index contributed by atoms with van der Waals surface area (Å²) in [5.74, 6) is -0.879. The first-order valence-corrected chi connectivity index (χ1v) is 12.1. The van der Waals surface area contributed by atoms with E-state index in [1.807, 2.05) is 30.3 Å². The van der Waals surface area contributed by atoms with Gasteiger partial charge in [-0.15, -0.1) is 0 Å². The molecule has 188 valence electrons. The zero-order valence-electron chi connectivity index (χ0n) is 19.3. The van der Waals surface area contributed by atoms with Gasteiger partial charge in [0, 0.05) is 17.2 Å². The molecule has 0 spiro atoms. The summed E-state index contributed by atoms with van der Waals surface area (Å²) in [6.07, 6.45) is 2.92. The quantitative estimate of drug-likeness (QED) is 0.442. The summed E-state index contributed by atoms with van der Waals surface area (Å²) in [5, 5.41) is 16.9. The Hall–Kier alpha value is -3.43. The van der Waals surface area contributed by atoms with Gasteiger partial charge in [-0.3, -0.25) is 9.59 Å². The van der Waals surface area contributed by atoms with E-state index < -0.39 is 28.9 Å².